The Balaban J connectivity index is 1.33. The lowest BCUT2D eigenvalue weighted by atomic mass is 9.77. The highest BCUT2D eigenvalue weighted by molar-refractivity contribution is 6.59. The van der Waals surface area contributed by atoms with Crippen molar-refractivity contribution in [1.82, 2.24) is 0 Å². The molecule has 1 aliphatic heterocycles. The predicted molar refractivity (Wildman–Crippen MR) is 143 cm³/mol. The fourth-order valence-electron chi connectivity index (χ4n) is 6.38. The quantitative estimate of drug-likeness (QED) is 0.256. The molecular formula is C31H44FSi. The summed E-state index contributed by atoms with van der Waals surface area (Å²) in [4.78, 5) is 0. The Labute approximate surface area is 204 Å². The van der Waals surface area contributed by atoms with Gasteiger partial charge in [-0.3, -0.25) is 0 Å². The van der Waals surface area contributed by atoms with Crippen LogP contribution in [-0.4, -0.2) is 8.80 Å². The number of rotatable bonds is 9. The van der Waals surface area contributed by atoms with E-state index in [1.54, 1.807) is 0 Å². The summed E-state index contributed by atoms with van der Waals surface area (Å²) in [6.07, 6.45) is 14.8. The number of unbranched alkanes of at least 4 members (excludes halogenated alkanes) is 2. The molecule has 4 rings (SSSR count). The standard InChI is InChI=1S/C31H44FSi/c1-3-5-6-7-24-8-10-25(11-9-24)26-12-14-28(15-13-26)30-17-16-29(23-31(30)32)27-18-21-33(20-4-2)22-19-27/h12-17,23-25,27H,3-11,18-22H2,1-2H3. The van der Waals surface area contributed by atoms with Crippen molar-refractivity contribution >= 4 is 8.80 Å². The summed E-state index contributed by atoms with van der Waals surface area (Å²) in [5.41, 5.74) is 4.46. The van der Waals surface area contributed by atoms with Gasteiger partial charge < -0.3 is 0 Å². The molecule has 0 amide bonds. The molecule has 0 bridgehead atoms. The van der Waals surface area contributed by atoms with Crippen LogP contribution in [0.15, 0.2) is 42.5 Å². The van der Waals surface area contributed by atoms with Gasteiger partial charge in [0.05, 0.1) is 0 Å². The maximum absolute atomic E-state index is 15.1. The number of benzene rings is 2. The van der Waals surface area contributed by atoms with Crippen molar-refractivity contribution in [3.8, 4) is 11.1 Å². The summed E-state index contributed by atoms with van der Waals surface area (Å²) in [6, 6.07) is 19.2. The molecule has 1 heterocycles. The minimum absolute atomic E-state index is 0.0440. The van der Waals surface area contributed by atoms with Gasteiger partial charge in [0.25, 0.3) is 0 Å². The van der Waals surface area contributed by atoms with E-state index in [1.807, 2.05) is 12.1 Å². The van der Waals surface area contributed by atoms with Gasteiger partial charge in [-0.25, -0.2) is 4.39 Å². The maximum atomic E-state index is 15.1. The summed E-state index contributed by atoms with van der Waals surface area (Å²) >= 11 is 0. The zero-order valence-corrected chi connectivity index (χ0v) is 22.1. The monoisotopic (exact) mass is 463 g/mol. The average molecular weight is 464 g/mol. The van der Waals surface area contributed by atoms with Crippen LogP contribution in [0, 0.1) is 11.7 Å². The Kier molecular flexibility index (Phi) is 9.24. The van der Waals surface area contributed by atoms with Crippen LogP contribution in [0.3, 0.4) is 0 Å². The van der Waals surface area contributed by atoms with Gasteiger partial charge in [0.1, 0.15) is 5.82 Å². The fourth-order valence-corrected chi connectivity index (χ4v) is 9.36. The minimum Gasteiger partial charge on any atom is -0.206 e. The number of hydrogen-bond donors (Lipinski definition) is 0. The van der Waals surface area contributed by atoms with Crippen LogP contribution in [0.2, 0.25) is 18.1 Å². The molecule has 1 aliphatic carbocycles. The highest BCUT2D eigenvalue weighted by Crippen LogP contribution is 2.39. The lowest BCUT2D eigenvalue weighted by molar-refractivity contribution is 0.303. The lowest BCUT2D eigenvalue weighted by Gasteiger charge is -2.29. The first-order chi connectivity index (χ1) is 16.2. The van der Waals surface area contributed by atoms with Gasteiger partial charge in [0.2, 0.25) is 0 Å². The zero-order valence-electron chi connectivity index (χ0n) is 21.1. The molecule has 0 aromatic heterocycles. The van der Waals surface area contributed by atoms with Crippen LogP contribution in [0.1, 0.15) is 107 Å². The molecule has 0 unspecified atom stereocenters. The highest BCUT2D eigenvalue weighted by atomic mass is 28.3. The van der Waals surface area contributed by atoms with E-state index < -0.39 is 0 Å². The Morgan fingerprint density at radius 3 is 2.06 bits per heavy atom. The van der Waals surface area contributed by atoms with Gasteiger partial charge in [-0.15, -0.1) is 0 Å². The molecule has 2 fully saturated rings. The molecule has 0 N–H and O–H groups in total. The smallest absolute Gasteiger partial charge is 0.131 e. The van der Waals surface area contributed by atoms with Crippen molar-refractivity contribution in [2.75, 3.05) is 0 Å². The van der Waals surface area contributed by atoms with Crippen LogP contribution in [-0.2, 0) is 0 Å². The Bertz CT molecular complexity index is 842. The molecular weight excluding hydrogens is 419 g/mol. The Morgan fingerprint density at radius 2 is 1.42 bits per heavy atom. The molecule has 1 saturated heterocycles. The molecule has 1 saturated carbocycles. The molecule has 0 spiro atoms. The third kappa shape index (κ3) is 6.59. The van der Waals surface area contributed by atoms with Gasteiger partial charge in [-0.05, 0) is 79.0 Å². The molecule has 179 valence electrons. The first kappa shape index (κ1) is 24.7. The molecule has 2 heteroatoms. The second-order valence-electron chi connectivity index (χ2n) is 10.8. The third-order valence-electron chi connectivity index (χ3n) is 8.52. The van der Waals surface area contributed by atoms with Crippen molar-refractivity contribution in [3.63, 3.8) is 0 Å². The second-order valence-corrected chi connectivity index (χ2v) is 13.8. The van der Waals surface area contributed by atoms with Gasteiger partial charge in [-0.1, -0.05) is 100 Å². The minimum atomic E-state index is -0.115. The average Bonchev–Trinajstić information content (AvgIpc) is 2.85. The number of halogens is 1. The normalized spacial score (nSPS) is 22.5. The summed E-state index contributed by atoms with van der Waals surface area (Å²) < 4.78 is 15.1. The fraction of sp³-hybridized carbons (Fsp3) is 0.613. The number of hydrogen-bond acceptors (Lipinski definition) is 0. The molecule has 2 aromatic carbocycles. The van der Waals surface area contributed by atoms with E-state index in [1.165, 1.54) is 99.9 Å². The second kappa shape index (κ2) is 12.3. The zero-order chi connectivity index (χ0) is 23.0. The Morgan fingerprint density at radius 1 is 0.758 bits per heavy atom. The van der Waals surface area contributed by atoms with Crippen molar-refractivity contribution < 1.29 is 4.39 Å². The van der Waals surface area contributed by atoms with E-state index in [0.717, 1.165) is 17.0 Å². The first-order valence-electron chi connectivity index (χ1n) is 13.9. The SMILES string of the molecule is CCCCCC1CCC(c2ccc(-c3ccc(C4CC[Si](CCC)CC4)cc3F)cc2)CC1. The van der Waals surface area contributed by atoms with E-state index in [9.17, 15) is 0 Å². The summed E-state index contributed by atoms with van der Waals surface area (Å²) in [5.74, 6) is 2.17. The first-order valence-corrected chi connectivity index (χ1v) is 16.0. The van der Waals surface area contributed by atoms with E-state index >= 15 is 4.39 Å². The van der Waals surface area contributed by atoms with Crippen molar-refractivity contribution in [2.24, 2.45) is 5.92 Å². The molecule has 2 aromatic rings. The van der Waals surface area contributed by atoms with Crippen molar-refractivity contribution in [3.05, 3.63) is 59.4 Å². The van der Waals surface area contributed by atoms with E-state index in [2.05, 4.69) is 44.2 Å². The summed E-state index contributed by atoms with van der Waals surface area (Å²) in [6.45, 7) is 4.60. The Hall–Kier alpha value is -1.41. The van der Waals surface area contributed by atoms with E-state index in [0.29, 0.717) is 11.8 Å². The molecule has 0 nitrogen and oxygen atoms in total. The van der Waals surface area contributed by atoms with Crippen LogP contribution in [0.4, 0.5) is 4.39 Å². The lowest BCUT2D eigenvalue weighted by Crippen LogP contribution is -2.20. The molecule has 33 heavy (non-hydrogen) atoms. The van der Waals surface area contributed by atoms with Gasteiger partial charge in [-0.2, -0.15) is 0 Å². The largest absolute Gasteiger partial charge is 0.206 e. The summed E-state index contributed by atoms with van der Waals surface area (Å²) in [7, 11) is -0.115. The topological polar surface area (TPSA) is 0 Å². The molecule has 2 aliphatic rings. The van der Waals surface area contributed by atoms with E-state index in [-0.39, 0.29) is 14.6 Å². The van der Waals surface area contributed by atoms with Crippen LogP contribution in [0.25, 0.3) is 11.1 Å². The maximum Gasteiger partial charge on any atom is 0.131 e. The molecule has 1 radical (unpaired) electrons. The van der Waals surface area contributed by atoms with Crippen molar-refractivity contribution in [1.29, 1.82) is 0 Å². The van der Waals surface area contributed by atoms with Crippen molar-refractivity contribution in [2.45, 2.75) is 114 Å². The summed E-state index contributed by atoms with van der Waals surface area (Å²) in [5, 5.41) is 0. The van der Waals surface area contributed by atoms with Crippen LogP contribution < -0.4 is 0 Å². The molecule has 0 atom stereocenters. The van der Waals surface area contributed by atoms with Gasteiger partial charge in [0, 0.05) is 14.4 Å². The van der Waals surface area contributed by atoms with Crippen LogP contribution >= 0.6 is 0 Å². The third-order valence-corrected chi connectivity index (χ3v) is 11.7. The van der Waals surface area contributed by atoms with Crippen LogP contribution in [0.5, 0.6) is 0 Å². The van der Waals surface area contributed by atoms with Gasteiger partial charge >= 0.3 is 0 Å². The highest BCUT2D eigenvalue weighted by Gasteiger charge is 2.24. The van der Waals surface area contributed by atoms with Gasteiger partial charge in [0.15, 0.2) is 0 Å². The van der Waals surface area contributed by atoms with E-state index in [4.69, 9.17) is 0 Å². The predicted octanol–water partition coefficient (Wildman–Crippen LogP) is 10.1.